The molecule has 0 fully saturated rings. The molecule has 0 saturated carbocycles. The number of aromatic nitrogens is 3. The molecule has 11 aromatic rings. The van der Waals surface area contributed by atoms with Crippen molar-refractivity contribution in [3.05, 3.63) is 200 Å². The van der Waals surface area contributed by atoms with E-state index in [1.54, 1.807) is 0 Å². The summed E-state index contributed by atoms with van der Waals surface area (Å²) in [6.45, 7) is 0. The van der Waals surface area contributed by atoms with Crippen molar-refractivity contribution < 1.29 is 4.42 Å². The highest BCUT2D eigenvalue weighted by Gasteiger charge is 2.26. The van der Waals surface area contributed by atoms with Crippen LogP contribution in [0.1, 0.15) is 5.56 Å². The van der Waals surface area contributed by atoms with E-state index in [2.05, 4.69) is 120 Å². The van der Waals surface area contributed by atoms with E-state index in [0.29, 0.717) is 22.8 Å². The molecule has 8 aromatic carbocycles. The Labute approximate surface area is 334 Å². The summed E-state index contributed by atoms with van der Waals surface area (Å²) in [5.41, 5.74) is 13.0. The minimum atomic E-state index is 0.435. The van der Waals surface area contributed by atoms with Crippen molar-refractivity contribution in [3.8, 4) is 67.9 Å². The van der Waals surface area contributed by atoms with Gasteiger partial charge in [0.2, 0.25) is 0 Å². The van der Waals surface area contributed by atoms with Crippen LogP contribution in [0.15, 0.2) is 199 Å². The number of nitrogens with zero attached hydrogens (tertiary/aromatic N) is 4. The van der Waals surface area contributed by atoms with Gasteiger partial charge < -0.3 is 8.98 Å². The monoisotopic (exact) mass is 740 g/mol. The molecule has 0 atom stereocenters. The SMILES string of the molecule is N#Cc1c(-c2ccccc2)nc(-c2cc(-c3ccccc3)c(-n3c4ccccc4c4ccc5c6ccccc6oc5c43)c(-c3ccccc3)c2)nc1-c1ccccc1. The Bertz CT molecular complexity index is 3260. The molecule has 0 amide bonds. The van der Waals surface area contributed by atoms with Crippen LogP contribution in [0.2, 0.25) is 0 Å². The standard InChI is InChI=1S/C53H32N4O/c54-33-45-48(36-21-9-3-10-22-36)55-53(56-49(45)37-23-11-4-12-24-37)38-31-43(34-17-5-1-6-18-34)50(44(32-38)35-19-7-2-8-20-35)57-46-27-15-13-25-39(46)41-29-30-42-40-26-14-16-28-47(40)58-52(42)51(41)57/h1-32H. The molecule has 0 saturated heterocycles. The van der Waals surface area contributed by atoms with Gasteiger partial charge >= 0.3 is 0 Å². The molecule has 0 unspecified atom stereocenters. The Balaban J connectivity index is 1.30. The van der Waals surface area contributed by atoms with Crippen molar-refractivity contribution in [2.75, 3.05) is 0 Å². The first-order chi connectivity index (χ1) is 28.7. The van der Waals surface area contributed by atoms with E-state index in [-0.39, 0.29) is 0 Å². The van der Waals surface area contributed by atoms with Crippen LogP contribution in [-0.2, 0) is 0 Å². The maximum Gasteiger partial charge on any atom is 0.160 e. The highest BCUT2D eigenvalue weighted by atomic mass is 16.3. The van der Waals surface area contributed by atoms with E-state index < -0.39 is 0 Å². The number of furan rings is 1. The lowest BCUT2D eigenvalue weighted by molar-refractivity contribution is 0.671. The zero-order valence-electron chi connectivity index (χ0n) is 31.2. The molecule has 0 spiro atoms. The first-order valence-electron chi connectivity index (χ1n) is 19.3. The van der Waals surface area contributed by atoms with Crippen LogP contribution in [0.25, 0.3) is 106 Å². The highest BCUT2D eigenvalue weighted by Crippen LogP contribution is 2.46. The summed E-state index contributed by atoms with van der Waals surface area (Å²) < 4.78 is 9.20. The maximum atomic E-state index is 10.7. The number of fused-ring (bicyclic) bond motifs is 7. The van der Waals surface area contributed by atoms with Crippen LogP contribution in [0.4, 0.5) is 0 Å². The molecule has 5 nitrogen and oxygen atoms in total. The molecule has 11 rings (SSSR count). The lowest BCUT2D eigenvalue weighted by Gasteiger charge is -2.21. The Morgan fingerprint density at radius 3 is 1.50 bits per heavy atom. The second-order valence-corrected chi connectivity index (χ2v) is 14.4. The summed E-state index contributed by atoms with van der Waals surface area (Å²) in [6, 6.07) is 69.0. The number of para-hydroxylation sites is 2. The van der Waals surface area contributed by atoms with Crippen molar-refractivity contribution in [3.63, 3.8) is 0 Å². The fraction of sp³-hybridized carbons (Fsp3) is 0. The average molecular weight is 741 g/mol. The summed E-state index contributed by atoms with van der Waals surface area (Å²) in [6.07, 6.45) is 0. The Hall–Kier alpha value is -8.07. The predicted molar refractivity (Wildman–Crippen MR) is 236 cm³/mol. The molecule has 3 aromatic heterocycles. The Kier molecular flexibility index (Phi) is 7.80. The van der Waals surface area contributed by atoms with Crippen molar-refractivity contribution in [2.24, 2.45) is 0 Å². The third-order valence-electron chi connectivity index (χ3n) is 11.1. The molecule has 58 heavy (non-hydrogen) atoms. The van der Waals surface area contributed by atoms with E-state index in [0.717, 1.165) is 88.4 Å². The lowest BCUT2D eigenvalue weighted by Crippen LogP contribution is -2.04. The quantitative estimate of drug-likeness (QED) is 0.170. The van der Waals surface area contributed by atoms with Crippen molar-refractivity contribution in [2.45, 2.75) is 0 Å². The summed E-state index contributed by atoms with van der Waals surface area (Å²) in [7, 11) is 0. The highest BCUT2D eigenvalue weighted by molar-refractivity contribution is 6.22. The van der Waals surface area contributed by atoms with Gasteiger partial charge in [0.1, 0.15) is 17.2 Å². The van der Waals surface area contributed by atoms with Crippen molar-refractivity contribution >= 4 is 43.7 Å². The summed E-state index contributed by atoms with van der Waals surface area (Å²) >= 11 is 0. The van der Waals surface area contributed by atoms with Gasteiger partial charge in [-0.2, -0.15) is 5.26 Å². The van der Waals surface area contributed by atoms with E-state index in [1.807, 2.05) is 84.9 Å². The zero-order valence-corrected chi connectivity index (χ0v) is 31.2. The molecule has 270 valence electrons. The molecule has 0 N–H and O–H groups in total. The Morgan fingerprint density at radius 2 is 0.931 bits per heavy atom. The molecule has 0 bridgehead atoms. The van der Waals surface area contributed by atoms with E-state index in [1.165, 1.54) is 0 Å². The van der Waals surface area contributed by atoms with E-state index >= 15 is 0 Å². The van der Waals surface area contributed by atoms with Gasteiger partial charge in [0.25, 0.3) is 0 Å². The number of hydrogen-bond acceptors (Lipinski definition) is 4. The van der Waals surface area contributed by atoms with Gasteiger partial charge in [0.15, 0.2) is 11.4 Å². The minimum absolute atomic E-state index is 0.435. The zero-order chi connectivity index (χ0) is 38.6. The van der Waals surface area contributed by atoms with E-state index in [4.69, 9.17) is 14.4 Å². The number of rotatable bonds is 6. The van der Waals surface area contributed by atoms with Crippen molar-refractivity contribution in [1.82, 2.24) is 14.5 Å². The van der Waals surface area contributed by atoms with Gasteiger partial charge in [-0.25, -0.2) is 9.97 Å². The topological polar surface area (TPSA) is 67.6 Å². The van der Waals surface area contributed by atoms with Crippen LogP contribution in [0.5, 0.6) is 0 Å². The maximum absolute atomic E-state index is 10.7. The summed E-state index contributed by atoms with van der Waals surface area (Å²) in [5.74, 6) is 0.527. The molecule has 3 heterocycles. The predicted octanol–water partition coefficient (Wildman–Crippen LogP) is 13.7. The second-order valence-electron chi connectivity index (χ2n) is 14.4. The fourth-order valence-electron chi connectivity index (χ4n) is 8.45. The summed E-state index contributed by atoms with van der Waals surface area (Å²) in [4.78, 5) is 10.5. The first kappa shape index (κ1) is 33.3. The summed E-state index contributed by atoms with van der Waals surface area (Å²) in [5, 5.41) is 15.1. The average Bonchev–Trinajstić information content (AvgIpc) is 3.85. The van der Waals surface area contributed by atoms with Gasteiger partial charge in [0.05, 0.1) is 28.1 Å². The van der Waals surface area contributed by atoms with Crippen molar-refractivity contribution in [1.29, 1.82) is 5.26 Å². The van der Waals surface area contributed by atoms with Gasteiger partial charge in [-0.1, -0.05) is 164 Å². The van der Waals surface area contributed by atoms with Crippen LogP contribution in [0.3, 0.4) is 0 Å². The molecule has 0 radical (unpaired) electrons. The van der Waals surface area contributed by atoms with Gasteiger partial charge in [-0.3, -0.25) is 0 Å². The number of nitriles is 1. The van der Waals surface area contributed by atoms with Gasteiger partial charge in [-0.15, -0.1) is 0 Å². The molecule has 0 aliphatic heterocycles. The third-order valence-corrected chi connectivity index (χ3v) is 11.1. The third kappa shape index (κ3) is 5.31. The van der Waals surface area contributed by atoms with E-state index in [9.17, 15) is 5.26 Å². The number of benzene rings is 8. The van der Waals surface area contributed by atoms with Crippen LogP contribution >= 0.6 is 0 Å². The Morgan fingerprint density at radius 1 is 0.448 bits per heavy atom. The van der Waals surface area contributed by atoms with Crippen LogP contribution in [0, 0.1) is 11.3 Å². The smallest absolute Gasteiger partial charge is 0.160 e. The molecule has 5 heteroatoms. The molecule has 0 aliphatic rings. The molecular weight excluding hydrogens is 709 g/mol. The minimum Gasteiger partial charge on any atom is -0.454 e. The van der Waals surface area contributed by atoms with Crippen LogP contribution in [-0.4, -0.2) is 14.5 Å². The van der Waals surface area contributed by atoms with Crippen LogP contribution < -0.4 is 0 Å². The fourth-order valence-corrected chi connectivity index (χ4v) is 8.45. The second kappa shape index (κ2) is 13.6. The lowest BCUT2D eigenvalue weighted by atomic mass is 9.92. The normalized spacial score (nSPS) is 11.4. The van der Waals surface area contributed by atoms with Gasteiger partial charge in [-0.05, 0) is 41.5 Å². The molecule has 0 aliphatic carbocycles. The largest absolute Gasteiger partial charge is 0.454 e. The number of hydrogen-bond donors (Lipinski definition) is 0. The molecular formula is C53H32N4O. The first-order valence-corrected chi connectivity index (χ1v) is 19.3. The van der Waals surface area contributed by atoms with Gasteiger partial charge in [0, 0.05) is 49.4 Å².